The molecule has 4 heterocycles. The molecule has 1 aliphatic carbocycles. The molecule has 1 saturated carbocycles. The molecule has 2 bridgehead atoms. The Morgan fingerprint density at radius 1 is 1.03 bits per heavy atom. The zero-order chi connectivity index (χ0) is 22.8. The maximum Gasteiger partial charge on any atom is 0.331 e. The van der Waals surface area contributed by atoms with E-state index < -0.39 is 13.9 Å². The largest absolute Gasteiger partial charge is 0.450 e. The maximum atomic E-state index is 12.4. The van der Waals surface area contributed by atoms with Crippen molar-refractivity contribution < 1.29 is 14.0 Å². The minimum absolute atomic E-state index is 0.0358. The Labute approximate surface area is 197 Å². The summed E-state index contributed by atoms with van der Waals surface area (Å²) in [5.41, 5.74) is 0.723. The summed E-state index contributed by atoms with van der Waals surface area (Å²) in [5.74, 6) is -0.163. The zero-order valence-electron chi connectivity index (χ0n) is 19.8. The van der Waals surface area contributed by atoms with Crippen LogP contribution in [0.5, 0.6) is 0 Å². The van der Waals surface area contributed by atoms with Crippen LogP contribution < -0.4 is 10.4 Å². The van der Waals surface area contributed by atoms with Gasteiger partial charge in [0.1, 0.15) is 0 Å². The standard InChI is InChI=1S/C28H33NO3Si/c1-27(2,3)33(21-11-6-4-7-12-21,22-13-8-5-9-14-22)32-24-19-28-20(18-26(30)31-28)17-23(24)29-16-10-15-25(28)29/h4-9,11-14,18,23-25H,10,15-17,19H2,1-3H3/t23-,24+,25+,28+/m1/s1. The molecule has 3 saturated heterocycles. The molecule has 0 amide bonds. The summed E-state index contributed by atoms with van der Waals surface area (Å²) in [7, 11) is -2.67. The summed E-state index contributed by atoms with van der Waals surface area (Å²) in [6, 6.07) is 22.3. The Hall–Kier alpha value is -2.21. The van der Waals surface area contributed by atoms with Gasteiger partial charge in [0.25, 0.3) is 8.32 Å². The molecule has 5 aliphatic rings. The van der Waals surface area contributed by atoms with Gasteiger partial charge in [0, 0.05) is 18.5 Å². The highest BCUT2D eigenvalue weighted by Gasteiger charge is 2.66. The van der Waals surface area contributed by atoms with E-state index in [9.17, 15) is 4.79 Å². The number of nitrogens with zero attached hydrogens (tertiary/aromatic N) is 1. The van der Waals surface area contributed by atoms with Gasteiger partial charge < -0.3 is 9.16 Å². The maximum absolute atomic E-state index is 12.4. The van der Waals surface area contributed by atoms with E-state index in [0.29, 0.717) is 12.1 Å². The minimum Gasteiger partial charge on any atom is -0.450 e. The number of carbonyl (C=O) groups excluding carboxylic acids is 1. The molecule has 4 atom stereocenters. The van der Waals surface area contributed by atoms with Gasteiger partial charge in [-0.1, -0.05) is 81.4 Å². The number of ether oxygens (including phenoxy) is 1. The van der Waals surface area contributed by atoms with Crippen LogP contribution in [0.3, 0.4) is 0 Å². The zero-order valence-corrected chi connectivity index (χ0v) is 20.8. The molecule has 7 rings (SSSR count). The summed E-state index contributed by atoms with van der Waals surface area (Å²) < 4.78 is 13.7. The molecule has 0 N–H and O–H groups in total. The molecule has 0 radical (unpaired) electrons. The highest BCUT2D eigenvalue weighted by molar-refractivity contribution is 6.99. The molecule has 4 aliphatic heterocycles. The predicted octanol–water partition coefficient (Wildman–Crippen LogP) is 3.79. The molecule has 4 fully saturated rings. The topological polar surface area (TPSA) is 38.8 Å². The van der Waals surface area contributed by atoms with Gasteiger partial charge in [-0.05, 0) is 46.8 Å². The van der Waals surface area contributed by atoms with Crippen LogP contribution in [0.2, 0.25) is 5.04 Å². The number of benzene rings is 2. The number of rotatable bonds is 4. The normalized spacial score (nSPS) is 31.2. The lowest BCUT2D eigenvalue weighted by atomic mass is 9.67. The number of hydrogen-bond acceptors (Lipinski definition) is 4. The van der Waals surface area contributed by atoms with Gasteiger partial charge in [0.15, 0.2) is 5.60 Å². The van der Waals surface area contributed by atoms with Crippen LogP contribution in [-0.4, -0.2) is 49.5 Å². The van der Waals surface area contributed by atoms with Gasteiger partial charge in [-0.15, -0.1) is 0 Å². The molecule has 5 heteroatoms. The summed E-state index contributed by atoms with van der Waals surface area (Å²) in [6.45, 7) is 8.07. The van der Waals surface area contributed by atoms with E-state index in [1.165, 1.54) is 22.4 Å². The van der Waals surface area contributed by atoms with Crippen molar-refractivity contribution in [3.63, 3.8) is 0 Å². The number of esters is 1. The summed E-state index contributed by atoms with van der Waals surface area (Å²) in [6.07, 6.45) is 5.74. The Morgan fingerprint density at radius 3 is 2.27 bits per heavy atom. The Kier molecular flexibility index (Phi) is 4.78. The van der Waals surface area contributed by atoms with Crippen molar-refractivity contribution in [2.75, 3.05) is 6.54 Å². The summed E-state index contributed by atoms with van der Waals surface area (Å²) in [4.78, 5) is 15.0. The molecule has 0 unspecified atom stereocenters. The van der Waals surface area contributed by atoms with E-state index >= 15 is 0 Å². The first kappa shape index (κ1) is 21.3. The third-order valence-electron chi connectivity index (χ3n) is 8.48. The smallest absolute Gasteiger partial charge is 0.331 e. The van der Waals surface area contributed by atoms with E-state index in [1.807, 2.05) is 0 Å². The third kappa shape index (κ3) is 2.98. The second kappa shape index (κ2) is 7.39. The molecule has 1 spiro atoms. The first-order valence-corrected chi connectivity index (χ1v) is 14.2. The van der Waals surface area contributed by atoms with Crippen molar-refractivity contribution in [2.45, 2.75) is 75.3 Å². The first-order valence-electron chi connectivity index (χ1n) is 12.3. The average molecular weight is 460 g/mol. The van der Waals surface area contributed by atoms with E-state index in [-0.39, 0.29) is 17.1 Å². The van der Waals surface area contributed by atoms with Gasteiger partial charge in [-0.2, -0.15) is 0 Å². The van der Waals surface area contributed by atoms with Crippen molar-refractivity contribution in [2.24, 2.45) is 0 Å². The van der Waals surface area contributed by atoms with Crippen molar-refractivity contribution in [1.82, 2.24) is 4.90 Å². The fraction of sp³-hybridized carbons (Fsp3) is 0.464. The molecular weight excluding hydrogens is 426 g/mol. The van der Waals surface area contributed by atoms with Crippen LogP contribution in [0.1, 0.15) is 46.5 Å². The minimum atomic E-state index is -2.67. The van der Waals surface area contributed by atoms with E-state index in [4.69, 9.17) is 9.16 Å². The van der Waals surface area contributed by atoms with Gasteiger partial charge in [0.2, 0.25) is 0 Å². The number of carbonyl (C=O) groups is 1. The van der Waals surface area contributed by atoms with Gasteiger partial charge >= 0.3 is 5.97 Å². The second-order valence-electron chi connectivity index (χ2n) is 11.2. The van der Waals surface area contributed by atoms with Gasteiger partial charge in [0.05, 0.1) is 12.1 Å². The van der Waals surface area contributed by atoms with Crippen molar-refractivity contribution in [1.29, 1.82) is 0 Å². The van der Waals surface area contributed by atoms with E-state index in [2.05, 4.69) is 86.3 Å². The van der Waals surface area contributed by atoms with Crippen molar-refractivity contribution >= 4 is 24.7 Å². The van der Waals surface area contributed by atoms with Crippen molar-refractivity contribution in [3.05, 3.63) is 72.3 Å². The average Bonchev–Trinajstić information content (AvgIpc) is 3.42. The van der Waals surface area contributed by atoms with Crippen molar-refractivity contribution in [3.8, 4) is 0 Å². The van der Waals surface area contributed by atoms with Crippen LogP contribution in [0, 0.1) is 0 Å². The highest BCUT2D eigenvalue weighted by atomic mass is 28.4. The molecule has 33 heavy (non-hydrogen) atoms. The first-order chi connectivity index (χ1) is 15.8. The molecular formula is C28H33NO3Si. The lowest BCUT2D eigenvalue weighted by molar-refractivity contribution is -0.174. The Bertz CT molecular complexity index is 1050. The van der Waals surface area contributed by atoms with Crippen LogP contribution in [-0.2, 0) is 14.0 Å². The molecule has 2 aromatic carbocycles. The number of fused-ring (bicyclic) bond motifs is 1. The quantitative estimate of drug-likeness (QED) is 0.515. The van der Waals surface area contributed by atoms with Crippen LogP contribution in [0.15, 0.2) is 72.3 Å². The number of hydrogen-bond donors (Lipinski definition) is 0. The molecule has 172 valence electrons. The highest BCUT2D eigenvalue weighted by Crippen LogP contribution is 2.55. The molecule has 0 aromatic heterocycles. The van der Waals surface area contributed by atoms with Crippen LogP contribution in [0.4, 0.5) is 0 Å². The van der Waals surface area contributed by atoms with Crippen LogP contribution in [0.25, 0.3) is 0 Å². The van der Waals surface area contributed by atoms with E-state index in [1.54, 1.807) is 6.08 Å². The summed E-state index contributed by atoms with van der Waals surface area (Å²) in [5, 5.41) is 2.54. The van der Waals surface area contributed by atoms with Gasteiger partial charge in [-0.25, -0.2) is 4.79 Å². The Balaban J connectivity index is 1.48. The van der Waals surface area contributed by atoms with E-state index in [0.717, 1.165) is 25.8 Å². The monoisotopic (exact) mass is 459 g/mol. The number of piperidine rings is 2. The van der Waals surface area contributed by atoms with Crippen LogP contribution >= 0.6 is 0 Å². The lowest BCUT2D eigenvalue weighted by Gasteiger charge is -2.59. The molecule has 4 nitrogen and oxygen atoms in total. The summed E-state index contributed by atoms with van der Waals surface area (Å²) >= 11 is 0. The fourth-order valence-corrected chi connectivity index (χ4v) is 11.9. The second-order valence-corrected chi connectivity index (χ2v) is 15.4. The lowest BCUT2D eigenvalue weighted by Crippen LogP contribution is -2.74. The fourth-order valence-electron chi connectivity index (χ4n) is 7.21. The Morgan fingerprint density at radius 2 is 1.67 bits per heavy atom. The third-order valence-corrected chi connectivity index (χ3v) is 13.5. The SMILES string of the molecule is CC(C)(C)[Si](O[C@H]1C[C@]23OC(=O)C=C2C[C@H]1N1CCC[C@H]13)(c1ccccc1)c1ccccc1. The van der Waals surface area contributed by atoms with Gasteiger partial charge in [-0.3, -0.25) is 4.90 Å². The predicted molar refractivity (Wildman–Crippen MR) is 132 cm³/mol. The molecule has 2 aromatic rings.